The zero-order valence-electron chi connectivity index (χ0n) is 6.62. The van der Waals surface area contributed by atoms with Gasteiger partial charge in [-0.1, -0.05) is 12.7 Å². The molecule has 0 aromatic rings. The van der Waals surface area contributed by atoms with E-state index in [0.717, 1.165) is 0 Å². The van der Waals surface area contributed by atoms with Crippen LogP contribution in [0.3, 0.4) is 0 Å². The maximum absolute atomic E-state index is 13.0. The zero-order chi connectivity index (χ0) is 8.85. The minimum absolute atomic E-state index is 0.250. The first-order chi connectivity index (χ1) is 5.13. The van der Waals surface area contributed by atoms with Crippen LogP contribution in [0.25, 0.3) is 0 Å². The van der Waals surface area contributed by atoms with Crippen LogP contribution in [0, 0.1) is 0 Å². The summed E-state index contributed by atoms with van der Waals surface area (Å²) >= 11 is 2.95. The third-order valence-electron chi connectivity index (χ3n) is 1.08. The van der Waals surface area contributed by atoms with Crippen molar-refractivity contribution in [3.8, 4) is 0 Å². The summed E-state index contributed by atoms with van der Waals surface area (Å²) in [6.07, 6.45) is 3.39. The monoisotopic (exact) mass is 219 g/mol. The SMILES string of the molecule is C=C(Br)/C(F)=C(\C=C/C)NC. The number of halogens is 2. The molecule has 0 unspecified atom stereocenters. The summed E-state index contributed by atoms with van der Waals surface area (Å²) in [4.78, 5) is 0. The predicted octanol–water partition coefficient (Wildman–Crippen LogP) is 2.87. The van der Waals surface area contributed by atoms with Crippen molar-refractivity contribution < 1.29 is 4.39 Å². The molecule has 11 heavy (non-hydrogen) atoms. The normalized spacial score (nSPS) is 13.1. The fraction of sp³-hybridized carbons (Fsp3) is 0.250. The quantitative estimate of drug-likeness (QED) is 0.721. The van der Waals surface area contributed by atoms with Crippen molar-refractivity contribution >= 4 is 15.9 Å². The van der Waals surface area contributed by atoms with Crippen molar-refractivity contribution in [2.75, 3.05) is 7.05 Å². The minimum Gasteiger partial charge on any atom is -0.386 e. The van der Waals surface area contributed by atoms with E-state index in [2.05, 4.69) is 27.8 Å². The molecular weight excluding hydrogens is 209 g/mol. The second-order valence-electron chi connectivity index (χ2n) is 1.88. The molecule has 0 aliphatic heterocycles. The first-order valence-corrected chi connectivity index (χ1v) is 3.97. The molecule has 62 valence electrons. The third-order valence-corrected chi connectivity index (χ3v) is 1.43. The van der Waals surface area contributed by atoms with E-state index in [1.54, 1.807) is 19.2 Å². The molecule has 0 spiro atoms. The molecule has 0 rings (SSSR count). The van der Waals surface area contributed by atoms with Crippen molar-refractivity contribution in [1.29, 1.82) is 0 Å². The van der Waals surface area contributed by atoms with Gasteiger partial charge in [0.2, 0.25) is 0 Å². The van der Waals surface area contributed by atoms with Crippen LogP contribution in [0.4, 0.5) is 4.39 Å². The molecule has 0 fully saturated rings. The standard InChI is InChI=1S/C8H11BrFN/c1-4-5-7(11-3)8(10)6(2)9/h4-5,11H,2H2,1,3H3/b5-4-,8-7-. The summed E-state index contributed by atoms with van der Waals surface area (Å²) in [5, 5.41) is 2.71. The lowest BCUT2D eigenvalue weighted by atomic mass is 10.3. The molecule has 0 aliphatic rings. The van der Waals surface area contributed by atoms with Crippen LogP contribution in [-0.2, 0) is 0 Å². The third kappa shape index (κ3) is 3.37. The van der Waals surface area contributed by atoms with Gasteiger partial charge in [0.15, 0.2) is 5.83 Å². The van der Waals surface area contributed by atoms with E-state index in [4.69, 9.17) is 0 Å². The highest BCUT2D eigenvalue weighted by Crippen LogP contribution is 2.18. The van der Waals surface area contributed by atoms with Crippen molar-refractivity contribution in [2.45, 2.75) is 6.92 Å². The molecule has 3 heteroatoms. The van der Waals surface area contributed by atoms with Crippen molar-refractivity contribution in [1.82, 2.24) is 5.32 Å². The Morgan fingerprint density at radius 2 is 2.18 bits per heavy atom. The van der Waals surface area contributed by atoms with E-state index in [-0.39, 0.29) is 10.3 Å². The van der Waals surface area contributed by atoms with Gasteiger partial charge in [-0.05, 0) is 28.9 Å². The highest BCUT2D eigenvalue weighted by atomic mass is 79.9. The van der Waals surface area contributed by atoms with Gasteiger partial charge in [-0.3, -0.25) is 0 Å². The van der Waals surface area contributed by atoms with E-state index in [1.807, 2.05) is 6.92 Å². The molecule has 0 amide bonds. The van der Waals surface area contributed by atoms with Gasteiger partial charge in [0.05, 0.1) is 5.70 Å². The molecule has 0 bridgehead atoms. The van der Waals surface area contributed by atoms with Crippen molar-refractivity contribution in [2.24, 2.45) is 0 Å². The van der Waals surface area contributed by atoms with E-state index in [1.165, 1.54) is 0 Å². The van der Waals surface area contributed by atoms with Crippen LogP contribution in [0.2, 0.25) is 0 Å². The highest BCUT2D eigenvalue weighted by Gasteiger charge is 2.02. The Bertz CT molecular complexity index is 206. The Hall–Kier alpha value is -0.570. The highest BCUT2D eigenvalue weighted by molar-refractivity contribution is 9.11. The molecule has 0 heterocycles. The molecule has 0 saturated carbocycles. The molecule has 0 aromatic heterocycles. The van der Waals surface area contributed by atoms with Crippen LogP contribution in [0.15, 0.2) is 34.7 Å². The second-order valence-corrected chi connectivity index (χ2v) is 2.84. The smallest absolute Gasteiger partial charge is 0.159 e. The number of rotatable bonds is 3. The molecule has 1 nitrogen and oxygen atoms in total. The van der Waals surface area contributed by atoms with Gasteiger partial charge in [-0.25, -0.2) is 4.39 Å². The lowest BCUT2D eigenvalue weighted by Gasteiger charge is -2.01. The van der Waals surface area contributed by atoms with E-state index < -0.39 is 0 Å². The number of hydrogen-bond acceptors (Lipinski definition) is 1. The summed E-state index contributed by atoms with van der Waals surface area (Å²) in [6.45, 7) is 5.24. The first kappa shape index (κ1) is 10.4. The van der Waals surface area contributed by atoms with Gasteiger partial charge < -0.3 is 5.32 Å². The second kappa shape index (κ2) is 5.13. The maximum atomic E-state index is 13.0. The average molecular weight is 220 g/mol. The summed E-state index contributed by atoms with van der Waals surface area (Å²) < 4.78 is 13.2. The maximum Gasteiger partial charge on any atom is 0.159 e. The number of nitrogens with one attached hydrogen (secondary N) is 1. The topological polar surface area (TPSA) is 12.0 Å². The lowest BCUT2D eigenvalue weighted by Crippen LogP contribution is -2.05. The predicted molar refractivity (Wildman–Crippen MR) is 50.1 cm³/mol. The molecule has 0 radical (unpaired) electrons. The van der Waals surface area contributed by atoms with Crippen LogP contribution < -0.4 is 5.32 Å². The van der Waals surface area contributed by atoms with Crippen LogP contribution in [-0.4, -0.2) is 7.05 Å². The molecule has 0 aromatic carbocycles. The van der Waals surface area contributed by atoms with Gasteiger partial charge >= 0.3 is 0 Å². The van der Waals surface area contributed by atoms with E-state index in [0.29, 0.717) is 5.70 Å². The largest absolute Gasteiger partial charge is 0.386 e. The molecule has 0 saturated heterocycles. The van der Waals surface area contributed by atoms with E-state index in [9.17, 15) is 4.39 Å². The Labute approximate surface area is 74.8 Å². The molecule has 1 N–H and O–H groups in total. The summed E-state index contributed by atoms with van der Waals surface area (Å²) in [5.74, 6) is -0.370. The van der Waals surface area contributed by atoms with Gasteiger partial charge in [0, 0.05) is 11.5 Å². The van der Waals surface area contributed by atoms with Crippen LogP contribution >= 0.6 is 15.9 Å². The summed E-state index contributed by atoms with van der Waals surface area (Å²) in [5.41, 5.74) is 0.425. The summed E-state index contributed by atoms with van der Waals surface area (Å²) in [6, 6.07) is 0. The molecule has 0 atom stereocenters. The average Bonchev–Trinajstić information content (AvgIpc) is 1.98. The van der Waals surface area contributed by atoms with Gasteiger partial charge in [0.1, 0.15) is 0 Å². The Balaban J connectivity index is 4.67. The molecular formula is C8H11BrFN. The number of allylic oxidation sites excluding steroid dienone is 4. The minimum atomic E-state index is -0.370. The van der Waals surface area contributed by atoms with Crippen LogP contribution in [0.5, 0.6) is 0 Å². The van der Waals surface area contributed by atoms with Crippen LogP contribution in [0.1, 0.15) is 6.92 Å². The van der Waals surface area contributed by atoms with Gasteiger partial charge in [-0.15, -0.1) is 0 Å². The fourth-order valence-corrected chi connectivity index (χ4v) is 0.793. The van der Waals surface area contributed by atoms with Crippen molar-refractivity contribution in [3.05, 3.63) is 34.7 Å². The first-order valence-electron chi connectivity index (χ1n) is 3.18. The Morgan fingerprint density at radius 1 is 1.64 bits per heavy atom. The summed E-state index contributed by atoms with van der Waals surface area (Å²) in [7, 11) is 1.66. The Kier molecular flexibility index (Phi) is 4.86. The molecule has 0 aliphatic carbocycles. The van der Waals surface area contributed by atoms with Crippen molar-refractivity contribution in [3.63, 3.8) is 0 Å². The van der Waals surface area contributed by atoms with E-state index >= 15 is 0 Å². The number of hydrogen-bond donors (Lipinski definition) is 1. The fourth-order valence-electron chi connectivity index (χ4n) is 0.579. The van der Waals surface area contributed by atoms with Gasteiger partial charge in [-0.2, -0.15) is 0 Å². The zero-order valence-corrected chi connectivity index (χ0v) is 8.20. The van der Waals surface area contributed by atoms with Gasteiger partial charge in [0.25, 0.3) is 0 Å². The number of likely N-dealkylation sites (N-methyl/N-ethyl adjacent to an activating group) is 1. The lowest BCUT2D eigenvalue weighted by molar-refractivity contribution is 0.645. The Morgan fingerprint density at radius 3 is 2.45 bits per heavy atom.